The van der Waals surface area contributed by atoms with Gasteiger partial charge in [-0.15, -0.1) is 0 Å². The first-order valence-corrected chi connectivity index (χ1v) is 5.28. The monoisotopic (exact) mass is 280 g/mol. The molecule has 0 saturated carbocycles. The number of hydrogen-bond donors (Lipinski definition) is 2. The van der Waals surface area contributed by atoms with Crippen LogP contribution >= 0.6 is 15.9 Å². The predicted molar refractivity (Wildman–Crippen MR) is 64.2 cm³/mol. The maximum Gasteiger partial charge on any atom is 0.269 e. The lowest BCUT2D eigenvalue weighted by molar-refractivity contribution is 0.0995. The zero-order chi connectivity index (χ0) is 11.7. The molecule has 1 aromatic heterocycles. The average molecular weight is 281 g/mol. The molecule has 16 heavy (non-hydrogen) atoms. The number of anilines is 1. The van der Waals surface area contributed by atoms with Crippen LogP contribution in [0.5, 0.6) is 0 Å². The van der Waals surface area contributed by atoms with Gasteiger partial charge in [-0.2, -0.15) is 5.10 Å². The molecule has 0 radical (unpaired) electrons. The number of carbonyl (C=O) groups is 1. The summed E-state index contributed by atoms with van der Waals surface area (Å²) in [6.45, 7) is 0. The maximum absolute atomic E-state index is 10.9. The fourth-order valence-corrected chi connectivity index (χ4v) is 1.72. The number of benzene rings is 1. The molecule has 0 atom stereocenters. The molecule has 5 nitrogen and oxygen atoms in total. The van der Waals surface area contributed by atoms with Gasteiger partial charge in [0.15, 0.2) is 5.69 Å². The molecule has 0 unspecified atom stereocenters. The lowest BCUT2D eigenvalue weighted by Crippen LogP contribution is -2.12. The molecule has 2 rings (SSSR count). The zero-order valence-electron chi connectivity index (χ0n) is 8.22. The van der Waals surface area contributed by atoms with E-state index in [0.29, 0.717) is 5.82 Å². The fraction of sp³-hybridized carbons (Fsp3) is 0. The topological polar surface area (TPSA) is 86.9 Å². The summed E-state index contributed by atoms with van der Waals surface area (Å²) >= 11 is 3.35. The Morgan fingerprint density at radius 2 is 2.12 bits per heavy atom. The van der Waals surface area contributed by atoms with Gasteiger partial charge in [-0.3, -0.25) is 4.79 Å². The van der Waals surface area contributed by atoms with E-state index in [2.05, 4.69) is 21.0 Å². The number of hydrogen-bond acceptors (Lipinski definition) is 3. The summed E-state index contributed by atoms with van der Waals surface area (Å²) in [7, 11) is 0. The first-order chi connectivity index (χ1) is 7.58. The highest BCUT2D eigenvalue weighted by Crippen LogP contribution is 2.18. The van der Waals surface area contributed by atoms with Gasteiger partial charge in [0.05, 0.1) is 5.69 Å². The number of rotatable bonds is 2. The fourth-order valence-electron chi connectivity index (χ4n) is 1.33. The highest BCUT2D eigenvalue weighted by Gasteiger charge is 2.10. The molecule has 6 heteroatoms. The van der Waals surface area contributed by atoms with Gasteiger partial charge in [-0.05, 0) is 18.2 Å². The molecule has 0 fully saturated rings. The van der Waals surface area contributed by atoms with Crippen molar-refractivity contribution in [3.8, 4) is 5.69 Å². The van der Waals surface area contributed by atoms with E-state index >= 15 is 0 Å². The minimum absolute atomic E-state index is 0.150. The van der Waals surface area contributed by atoms with Gasteiger partial charge >= 0.3 is 0 Å². The number of nitrogens with zero attached hydrogens (tertiary/aromatic N) is 2. The van der Waals surface area contributed by atoms with Crippen LogP contribution in [0, 0.1) is 0 Å². The molecule has 1 heterocycles. The van der Waals surface area contributed by atoms with Crippen LogP contribution in [0.1, 0.15) is 10.5 Å². The molecule has 0 aliphatic heterocycles. The number of halogens is 1. The molecule has 0 saturated heterocycles. The van der Waals surface area contributed by atoms with Gasteiger partial charge in [-0.25, -0.2) is 4.68 Å². The van der Waals surface area contributed by atoms with Crippen LogP contribution in [0.3, 0.4) is 0 Å². The van der Waals surface area contributed by atoms with Gasteiger partial charge in [0.25, 0.3) is 5.91 Å². The highest BCUT2D eigenvalue weighted by atomic mass is 79.9. The Labute approximate surface area is 100 Å². The Hall–Kier alpha value is -1.82. The quantitative estimate of drug-likeness (QED) is 0.870. The second-order valence-corrected chi connectivity index (χ2v) is 4.13. The lowest BCUT2D eigenvalue weighted by atomic mass is 10.3. The Balaban J connectivity index is 2.52. The van der Waals surface area contributed by atoms with E-state index in [4.69, 9.17) is 11.5 Å². The molecule has 1 amide bonds. The summed E-state index contributed by atoms with van der Waals surface area (Å²) in [6.07, 6.45) is 0. The molecule has 0 aliphatic carbocycles. The SMILES string of the molecule is NC(=O)c1cc(N)n(-c2cccc(Br)c2)n1. The summed E-state index contributed by atoms with van der Waals surface area (Å²) in [6, 6.07) is 8.86. The normalized spacial score (nSPS) is 10.3. The Morgan fingerprint density at radius 1 is 1.38 bits per heavy atom. The predicted octanol–water partition coefficient (Wildman–Crippen LogP) is 1.32. The number of nitrogens with two attached hydrogens (primary N) is 2. The van der Waals surface area contributed by atoms with Gasteiger partial charge < -0.3 is 11.5 Å². The number of amides is 1. The Bertz CT molecular complexity index is 550. The smallest absolute Gasteiger partial charge is 0.269 e. The van der Waals surface area contributed by atoms with E-state index in [1.165, 1.54) is 10.7 Å². The maximum atomic E-state index is 10.9. The van der Waals surface area contributed by atoms with Crippen LogP contribution in [-0.4, -0.2) is 15.7 Å². The molecular weight excluding hydrogens is 272 g/mol. The lowest BCUT2D eigenvalue weighted by Gasteiger charge is -2.03. The minimum Gasteiger partial charge on any atom is -0.384 e. The third kappa shape index (κ3) is 1.92. The van der Waals surface area contributed by atoms with Crippen LogP contribution in [0.25, 0.3) is 5.69 Å². The minimum atomic E-state index is -0.597. The molecule has 82 valence electrons. The summed E-state index contributed by atoms with van der Waals surface area (Å²) < 4.78 is 2.37. The van der Waals surface area contributed by atoms with Gasteiger partial charge in [-0.1, -0.05) is 22.0 Å². The van der Waals surface area contributed by atoms with Crippen LogP contribution in [-0.2, 0) is 0 Å². The number of aromatic nitrogens is 2. The van der Waals surface area contributed by atoms with Crippen molar-refractivity contribution < 1.29 is 4.79 Å². The van der Waals surface area contributed by atoms with E-state index in [1.807, 2.05) is 24.3 Å². The van der Waals surface area contributed by atoms with Crippen molar-refractivity contribution in [2.75, 3.05) is 5.73 Å². The number of nitrogen functional groups attached to an aromatic ring is 1. The van der Waals surface area contributed by atoms with Gasteiger partial charge in [0, 0.05) is 10.5 Å². The van der Waals surface area contributed by atoms with E-state index in [0.717, 1.165) is 10.2 Å². The second kappa shape index (κ2) is 3.97. The molecule has 0 spiro atoms. The van der Waals surface area contributed by atoms with E-state index in [1.54, 1.807) is 0 Å². The van der Waals surface area contributed by atoms with Crippen molar-refractivity contribution in [2.45, 2.75) is 0 Å². The third-order valence-corrected chi connectivity index (χ3v) is 2.54. The highest BCUT2D eigenvalue weighted by molar-refractivity contribution is 9.10. The second-order valence-electron chi connectivity index (χ2n) is 3.21. The summed E-state index contributed by atoms with van der Waals surface area (Å²) in [5.74, 6) is -0.229. The van der Waals surface area contributed by atoms with E-state index < -0.39 is 5.91 Å². The van der Waals surface area contributed by atoms with Crippen LogP contribution in [0.2, 0.25) is 0 Å². The number of carbonyl (C=O) groups excluding carboxylic acids is 1. The van der Waals surface area contributed by atoms with E-state index in [9.17, 15) is 4.79 Å². The van der Waals surface area contributed by atoms with Crippen molar-refractivity contribution in [2.24, 2.45) is 5.73 Å². The molecule has 0 bridgehead atoms. The standard InChI is InChI=1S/C10H9BrN4O/c11-6-2-1-3-7(4-6)15-9(12)5-8(14-15)10(13)16/h1-5H,12H2,(H2,13,16). The summed E-state index contributed by atoms with van der Waals surface area (Å²) in [5, 5.41) is 4.02. The van der Waals surface area contributed by atoms with Crippen LogP contribution < -0.4 is 11.5 Å². The first kappa shape index (κ1) is 10.7. The van der Waals surface area contributed by atoms with Crippen molar-refractivity contribution in [3.05, 3.63) is 40.5 Å². The molecule has 4 N–H and O–H groups in total. The molecule has 2 aromatic rings. The summed E-state index contributed by atoms with van der Waals surface area (Å²) in [4.78, 5) is 10.9. The van der Waals surface area contributed by atoms with Crippen LogP contribution in [0.4, 0.5) is 5.82 Å². The van der Waals surface area contributed by atoms with Crippen molar-refractivity contribution in [3.63, 3.8) is 0 Å². The van der Waals surface area contributed by atoms with Crippen molar-refractivity contribution in [1.82, 2.24) is 9.78 Å². The third-order valence-electron chi connectivity index (χ3n) is 2.04. The Morgan fingerprint density at radius 3 is 2.69 bits per heavy atom. The van der Waals surface area contributed by atoms with Crippen molar-refractivity contribution >= 4 is 27.7 Å². The molecule has 0 aliphatic rings. The van der Waals surface area contributed by atoms with E-state index in [-0.39, 0.29) is 5.69 Å². The first-order valence-electron chi connectivity index (χ1n) is 4.49. The molecule has 1 aromatic carbocycles. The van der Waals surface area contributed by atoms with Gasteiger partial charge in [0.2, 0.25) is 0 Å². The molecular formula is C10H9BrN4O. The largest absolute Gasteiger partial charge is 0.384 e. The van der Waals surface area contributed by atoms with Crippen LogP contribution in [0.15, 0.2) is 34.8 Å². The summed E-state index contributed by atoms with van der Waals surface area (Å²) in [5.41, 5.74) is 11.8. The Kier molecular flexibility index (Phi) is 2.66. The zero-order valence-corrected chi connectivity index (χ0v) is 9.81. The average Bonchev–Trinajstić information content (AvgIpc) is 2.60. The van der Waals surface area contributed by atoms with Crippen molar-refractivity contribution in [1.29, 1.82) is 0 Å². The van der Waals surface area contributed by atoms with Gasteiger partial charge in [0.1, 0.15) is 5.82 Å². The number of primary amides is 1.